The molecule has 0 radical (unpaired) electrons. The van der Waals surface area contributed by atoms with Crippen LogP contribution >= 0.6 is 0 Å². The number of fused-ring (bicyclic) bond motifs is 3. The van der Waals surface area contributed by atoms with Crippen molar-refractivity contribution in [3.8, 4) is 5.75 Å². The van der Waals surface area contributed by atoms with Gasteiger partial charge in [0.15, 0.2) is 0 Å². The van der Waals surface area contributed by atoms with Crippen LogP contribution < -0.4 is 9.46 Å². The highest BCUT2D eigenvalue weighted by Crippen LogP contribution is 2.33. The standard InChI is InChI=1S/C31H32FN3O6S/c1-34-27-11-10-24(17-30(36)35-14-13-20-5-2-3-6-21(20)18-35)41-29(27)19-40-28-12-9-23(16-26(28)31(34)37)33-42(38,39)25-8-4-7-22(32)15-25/h2-9,12,15-16,24,27,29,33H,10-11,13-14,17-19H2,1H3/t24-,27+,29-/m1/s1. The van der Waals surface area contributed by atoms with E-state index < -0.39 is 21.9 Å². The van der Waals surface area contributed by atoms with E-state index in [2.05, 4.69) is 16.9 Å². The van der Waals surface area contributed by atoms with E-state index in [-0.39, 0.29) is 53.1 Å². The first-order valence-electron chi connectivity index (χ1n) is 14.0. The fourth-order valence-electron chi connectivity index (χ4n) is 5.97. The van der Waals surface area contributed by atoms with Crippen LogP contribution in [-0.2, 0) is 32.5 Å². The maximum Gasteiger partial charge on any atom is 0.261 e. The first-order valence-corrected chi connectivity index (χ1v) is 15.5. The predicted molar refractivity (Wildman–Crippen MR) is 153 cm³/mol. The zero-order valence-electron chi connectivity index (χ0n) is 23.2. The molecule has 220 valence electrons. The Morgan fingerprint density at radius 1 is 1.05 bits per heavy atom. The first kappa shape index (κ1) is 28.2. The number of likely N-dealkylation sites (N-methyl/N-ethyl adjacent to an activating group) is 1. The van der Waals surface area contributed by atoms with E-state index in [0.29, 0.717) is 31.7 Å². The molecule has 1 saturated heterocycles. The number of carbonyl (C=O) groups is 2. The molecule has 2 amide bonds. The number of carbonyl (C=O) groups excluding carboxylic acids is 2. The minimum Gasteiger partial charge on any atom is -0.490 e. The van der Waals surface area contributed by atoms with E-state index >= 15 is 0 Å². The minimum absolute atomic E-state index is 0.0581. The lowest BCUT2D eigenvalue weighted by atomic mass is 9.94. The van der Waals surface area contributed by atoms with Crippen LogP contribution in [0.1, 0.15) is 40.7 Å². The molecule has 3 atom stereocenters. The Morgan fingerprint density at radius 3 is 2.67 bits per heavy atom. The van der Waals surface area contributed by atoms with Crippen LogP contribution in [0, 0.1) is 5.82 Å². The number of amides is 2. The van der Waals surface area contributed by atoms with Crippen LogP contribution in [0.15, 0.2) is 71.6 Å². The number of sulfonamides is 1. The summed E-state index contributed by atoms with van der Waals surface area (Å²) in [6, 6.07) is 17.0. The van der Waals surface area contributed by atoms with Crippen LogP contribution in [0.25, 0.3) is 0 Å². The number of rotatable bonds is 5. The Kier molecular flexibility index (Phi) is 7.63. The normalized spacial score (nSPS) is 22.1. The van der Waals surface area contributed by atoms with Crippen LogP contribution in [-0.4, -0.2) is 68.5 Å². The Balaban J connectivity index is 1.13. The fraction of sp³-hybridized carbons (Fsp3) is 0.355. The smallest absolute Gasteiger partial charge is 0.261 e. The summed E-state index contributed by atoms with van der Waals surface area (Å²) in [6.07, 6.45) is 1.67. The predicted octanol–water partition coefficient (Wildman–Crippen LogP) is 3.98. The molecular weight excluding hydrogens is 561 g/mol. The second-order valence-electron chi connectivity index (χ2n) is 11.0. The van der Waals surface area contributed by atoms with Crippen LogP contribution in [0.4, 0.5) is 10.1 Å². The molecule has 42 heavy (non-hydrogen) atoms. The van der Waals surface area contributed by atoms with Crippen molar-refractivity contribution >= 4 is 27.5 Å². The lowest BCUT2D eigenvalue weighted by molar-refractivity contribution is -0.143. The summed E-state index contributed by atoms with van der Waals surface area (Å²) in [5, 5.41) is 0. The second kappa shape index (κ2) is 11.4. The lowest BCUT2D eigenvalue weighted by Gasteiger charge is -2.42. The van der Waals surface area contributed by atoms with Gasteiger partial charge in [-0.15, -0.1) is 0 Å². The van der Waals surface area contributed by atoms with E-state index in [1.54, 1.807) is 11.9 Å². The van der Waals surface area contributed by atoms with E-state index in [4.69, 9.17) is 9.47 Å². The number of halogens is 1. The minimum atomic E-state index is -4.07. The largest absolute Gasteiger partial charge is 0.490 e. The molecule has 11 heteroatoms. The highest BCUT2D eigenvalue weighted by molar-refractivity contribution is 7.92. The molecule has 3 aromatic carbocycles. The average Bonchev–Trinajstić information content (AvgIpc) is 2.99. The van der Waals surface area contributed by atoms with Crippen molar-refractivity contribution in [1.82, 2.24) is 9.80 Å². The molecule has 1 N–H and O–H groups in total. The number of nitrogens with one attached hydrogen (secondary N) is 1. The molecule has 0 saturated carbocycles. The number of ether oxygens (including phenoxy) is 2. The van der Waals surface area contributed by atoms with E-state index in [0.717, 1.165) is 18.6 Å². The van der Waals surface area contributed by atoms with Gasteiger partial charge in [0.2, 0.25) is 5.91 Å². The molecule has 3 aliphatic heterocycles. The lowest BCUT2D eigenvalue weighted by Crippen LogP contribution is -2.54. The SMILES string of the molecule is CN1C(=O)c2cc(NS(=O)(=O)c3cccc(F)c3)ccc2OC[C@H]2O[C@@H](CC(=O)N3CCc4ccccc4C3)CC[C@@H]21. The number of nitrogens with zero attached hydrogens (tertiary/aromatic N) is 2. The Hall–Kier alpha value is -3.96. The molecule has 0 aromatic heterocycles. The molecule has 3 heterocycles. The number of hydrogen-bond acceptors (Lipinski definition) is 6. The van der Waals surface area contributed by atoms with Gasteiger partial charge in [0.1, 0.15) is 24.3 Å². The molecular formula is C31H32FN3O6S. The van der Waals surface area contributed by atoms with Crippen molar-refractivity contribution in [2.24, 2.45) is 0 Å². The molecule has 6 rings (SSSR count). The average molecular weight is 594 g/mol. The van der Waals surface area contributed by atoms with Gasteiger partial charge in [0.25, 0.3) is 15.9 Å². The first-order chi connectivity index (χ1) is 20.2. The summed E-state index contributed by atoms with van der Waals surface area (Å²) >= 11 is 0. The fourth-order valence-corrected chi connectivity index (χ4v) is 7.05. The highest BCUT2D eigenvalue weighted by Gasteiger charge is 2.39. The maximum atomic E-state index is 13.6. The van der Waals surface area contributed by atoms with Gasteiger partial charge in [-0.1, -0.05) is 30.3 Å². The van der Waals surface area contributed by atoms with Crippen LogP contribution in [0.2, 0.25) is 0 Å². The van der Waals surface area contributed by atoms with Crippen molar-refractivity contribution in [1.29, 1.82) is 0 Å². The Labute approximate surface area is 244 Å². The van der Waals surface area contributed by atoms with Gasteiger partial charge in [0, 0.05) is 25.8 Å². The van der Waals surface area contributed by atoms with Gasteiger partial charge in [-0.25, -0.2) is 12.8 Å². The topological polar surface area (TPSA) is 105 Å². The molecule has 0 spiro atoms. The highest BCUT2D eigenvalue weighted by atomic mass is 32.2. The second-order valence-corrected chi connectivity index (χ2v) is 12.7. The van der Waals surface area contributed by atoms with E-state index in [1.807, 2.05) is 17.0 Å². The van der Waals surface area contributed by atoms with Gasteiger partial charge in [-0.05, 0) is 66.8 Å². The van der Waals surface area contributed by atoms with Crippen molar-refractivity contribution in [3.05, 3.63) is 89.2 Å². The molecule has 0 bridgehead atoms. The molecule has 3 aliphatic rings. The summed E-state index contributed by atoms with van der Waals surface area (Å²) in [5.41, 5.74) is 2.82. The summed E-state index contributed by atoms with van der Waals surface area (Å²) in [4.78, 5) is 30.0. The van der Waals surface area contributed by atoms with Gasteiger partial charge in [-0.2, -0.15) is 0 Å². The molecule has 9 nitrogen and oxygen atoms in total. The van der Waals surface area contributed by atoms with Gasteiger partial charge in [0.05, 0.1) is 29.0 Å². The summed E-state index contributed by atoms with van der Waals surface area (Å²) in [5.74, 6) is -0.651. The van der Waals surface area contributed by atoms with Crippen molar-refractivity contribution in [2.45, 2.75) is 55.4 Å². The zero-order chi connectivity index (χ0) is 29.4. The number of anilines is 1. The van der Waals surface area contributed by atoms with Gasteiger partial charge >= 0.3 is 0 Å². The zero-order valence-corrected chi connectivity index (χ0v) is 24.0. The third kappa shape index (κ3) is 5.71. The third-order valence-electron chi connectivity index (χ3n) is 8.26. The van der Waals surface area contributed by atoms with Gasteiger partial charge < -0.3 is 19.3 Å². The van der Waals surface area contributed by atoms with Crippen LogP contribution in [0.3, 0.4) is 0 Å². The van der Waals surface area contributed by atoms with Crippen molar-refractivity contribution in [2.75, 3.05) is 24.9 Å². The van der Waals surface area contributed by atoms with Gasteiger partial charge in [-0.3, -0.25) is 14.3 Å². The summed E-state index contributed by atoms with van der Waals surface area (Å²) in [7, 11) is -2.38. The Morgan fingerprint density at radius 2 is 1.86 bits per heavy atom. The summed E-state index contributed by atoms with van der Waals surface area (Å²) < 4.78 is 54.0. The van der Waals surface area contributed by atoms with Crippen LogP contribution in [0.5, 0.6) is 5.75 Å². The molecule has 0 aliphatic carbocycles. The Bertz CT molecular complexity index is 1630. The van der Waals surface area contributed by atoms with Crippen molar-refractivity contribution < 1.29 is 31.9 Å². The van der Waals surface area contributed by atoms with E-state index in [1.165, 1.54) is 41.5 Å². The van der Waals surface area contributed by atoms with E-state index in [9.17, 15) is 22.4 Å². The number of benzene rings is 3. The molecule has 1 fully saturated rings. The van der Waals surface area contributed by atoms with Crippen molar-refractivity contribution in [3.63, 3.8) is 0 Å². The monoisotopic (exact) mass is 593 g/mol. The maximum absolute atomic E-state index is 13.6. The summed E-state index contributed by atoms with van der Waals surface area (Å²) in [6.45, 7) is 1.46. The third-order valence-corrected chi connectivity index (χ3v) is 9.63. The molecule has 0 unspecified atom stereocenters. The quantitative estimate of drug-likeness (QED) is 0.480. The molecule has 3 aromatic rings. The number of hydrogen-bond donors (Lipinski definition) is 1.